The van der Waals surface area contributed by atoms with E-state index in [0.717, 1.165) is 0 Å². The van der Waals surface area contributed by atoms with Crippen LogP contribution in [0.1, 0.15) is 0 Å². The molecule has 0 fully saturated rings. The van der Waals surface area contributed by atoms with Gasteiger partial charge in [-0.3, -0.25) is 0 Å². The summed E-state index contributed by atoms with van der Waals surface area (Å²) >= 11 is 4.82. The first-order valence-electron chi connectivity index (χ1n) is 2.67. The Hall–Kier alpha value is -0.970. The third-order valence-corrected chi connectivity index (χ3v) is 1.52. The van der Waals surface area contributed by atoms with Gasteiger partial charge in [-0.1, -0.05) is 11.6 Å². The van der Waals surface area contributed by atoms with Crippen molar-refractivity contribution >= 4 is 11.6 Å². The Morgan fingerprint density at radius 1 is 0.833 bits per heavy atom. The largest absolute Gasteiger partial charge is 0.503 e. The molecule has 1 aromatic rings. The molecule has 0 saturated carbocycles. The zero-order valence-corrected chi connectivity index (χ0v) is 6.09. The Kier molecular flexibility index (Phi) is 2.14. The summed E-state index contributed by atoms with van der Waals surface area (Å²) < 4.78 is 49.4. The minimum absolute atomic E-state index is 1.32. The molecule has 0 radical (unpaired) electrons. The van der Waals surface area contributed by atoms with Gasteiger partial charge >= 0.3 is 0 Å². The lowest BCUT2D eigenvalue weighted by atomic mass is 10.3. The summed E-state index contributed by atoms with van der Waals surface area (Å²) in [6.45, 7) is 0. The molecule has 0 aliphatic rings. The van der Waals surface area contributed by atoms with Crippen molar-refractivity contribution in [2.75, 3.05) is 0 Å². The number of halogens is 5. The van der Waals surface area contributed by atoms with Gasteiger partial charge in [0.25, 0.3) is 0 Å². The van der Waals surface area contributed by atoms with Crippen molar-refractivity contribution < 1.29 is 22.7 Å². The molecule has 0 bridgehead atoms. The van der Waals surface area contributed by atoms with Gasteiger partial charge in [0.15, 0.2) is 17.4 Å². The number of phenolic OH excluding ortho intramolecular Hbond substituents is 1. The average Bonchev–Trinajstić information content (AvgIpc) is 2.08. The molecule has 0 aliphatic carbocycles. The summed E-state index contributed by atoms with van der Waals surface area (Å²) in [7, 11) is 0. The topological polar surface area (TPSA) is 20.2 Å². The number of hydrogen-bond donors (Lipinski definition) is 1. The maximum absolute atomic E-state index is 12.4. The molecule has 0 heterocycles. The quantitative estimate of drug-likeness (QED) is 0.388. The molecule has 0 spiro atoms. The summed E-state index contributed by atoms with van der Waals surface area (Å²) in [6, 6.07) is 0. The lowest BCUT2D eigenvalue weighted by molar-refractivity contribution is 0.357. The molecule has 0 aromatic heterocycles. The predicted molar refractivity (Wildman–Crippen MR) is 32.9 cm³/mol. The van der Waals surface area contributed by atoms with Gasteiger partial charge in [-0.05, 0) is 0 Å². The van der Waals surface area contributed by atoms with Gasteiger partial charge in [-0.25, -0.2) is 8.78 Å². The van der Waals surface area contributed by atoms with Crippen molar-refractivity contribution in [2.45, 2.75) is 0 Å². The van der Waals surface area contributed by atoms with Crippen LogP contribution in [0.4, 0.5) is 17.6 Å². The van der Waals surface area contributed by atoms with Crippen molar-refractivity contribution in [3.8, 4) is 5.75 Å². The van der Waals surface area contributed by atoms with Gasteiger partial charge in [-0.2, -0.15) is 8.78 Å². The molecule has 0 aliphatic heterocycles. The molecule has 1 nitrogen and oxygen atoms in total. The van der Waals surface area contributed by atoms with Gasteiger partial charge in [0, 0.05) is 0 Å². The molecular weight excluding hydrogens is 200 g/mol. The van der Waals surface area contributed by atoms with Crippen LogP contribution in [0.25, 0.3) is 0 Å². The van der Waals surface area contributed by atoms with Crippen LogP contribution in [0.15, 0.2) is 0 Å². The number of phenols is 1. The Bertz CT molecular complexity index is 234. The summed E-state index contributed by atoms with van der Waals surface area (Å²) in [5.41, 5.74) is 0. The van der Waals surface area contributed by atoms with Crippen molar-refractivity contribution in [3.05, 3.63) is 28.3 Å². The highest BCUT2D eigenvalue weighted by atomic mass is 35.5. The Labute approximate surface area is 69.2 Å². The minimum atomic E-state index is -1.90. The van der Waals surface area contributed by atoms with E-state index in [-0.39, 0.29) is 0 Å². The SMILES string of the molecule is Oc1c(F)c(F)c(Cl)c(F)c1F. The van der Waals surface area contributed by atoms with E-state index in [9.17, 15) is 17.6 Å². The number of benzene rings is 1. The predicted octanol–water partition coefficient (Wildman–Crippen LogP) is 2.60. The second-order valence-electron chi connectivity index (χ2n) is 1.92. The van der Waals surface area contributed by atoms with E-state index >= 15 is 0 Å². The fourth-order valence-corrected chi connectivity index (χ4v) is 0.759. The molecule has 1 rings (SSSR count). The average molecular weight is 201 g/mol. The van der Waals surface area contributed by atoms with Crippen LogP contribution in [0.2, 0.25) is 5.02 Å². The van der Waals surface area contributed by atoms with Gasteiger partial charge in [0.2, 0.25) is 11.6 Å². The monoisotopic (exact) mass is 200 g/mol. The first kappa shape index (κ1) is 9.12. The maximum Gasteiger partial charge on any atom is 0.205 e. The van der Waals surface area contributed by atoms with Crippen LogP contribution in [0.5, 0.6) is 5.75 Å². The highest BCUT2D eigenvalue weighted by Gasteiger charge is 2.23. The van der Waals surface area contributed by atoms with Crippen molar-refractivity contribution in [1.82, 2.24) is 0 Å². The lowest BCUT2D eigenvalue weighted by Gasteiger charge is -2.01. The van der Waals surface area contributed by atoms with Crippen LogP contribution in [-0.2, 0) is 0 Å². The van der Waals surface area contributed by atoms with Crippen LogP contribution in [0, 0.1) is 23.3 Å². The zero-order chi connectivity index (χ0) is 9.46. The van der Waals surface area contributed by atoms with Crippen molar-refractivity contribution in [2.24, 2.45) is 0 Å². The highest BCUT2D eigenvalue weighted by molar-refractivity contribution is 6.30. The number of aromatic hydroxyl groups is 1. The highest BCUT2D eigenvalue weighted by Crippen LogP contribution is 2.31. The van der Waals surface area contributed by atoms with E-state index in [1.807, 2.05) is 0 Å². The van der Waals surface area contributed by atoms with E-state index in [1.165, 1.54) is 0 Å². The van der Waals surface area contributed by atoms with Crippen molar-refractivity contribution in [1.29, 1.82) is 0 Å². The third kappa shape index (κ3) is 1.10. The van der Waals surface area contributed by atoms with Gasteiger partial charge < -0.3 is 5.11 Å². The Morgan fingerprint density at radius 2 is 1.17 bits per heavy atom. The number of rotatable bonds is 0. The van der Waals surface area contributed by atoms with E-state index in [0.29, 0.717) is 0 Å². The summed E-state index contributed by atoms with van der Waals surface area (Å²) in [5, 5.41) is 7.09. The molecule has 0 saturated heterocycles. The van der Waals surface area contributed by atoms with Crippen LogP contribution in [0.3, 0.4) is 0 Å². The van der Waals surface area contributed by atoms with Gasteiger partial charge in [0.1, 0.15) is 5.02 Å². The lowest BCUT2D eigenvalue weighted by Crippen LogP contribution is -1.95. The zero-order valence-electron chi connectivity index (χ0n) is 5.34. The van der Waals surface area contributed by atoms with E-state index in [4.69, 9.17) is 16.7 Å². The number of hydrogen-bond acceptors (Lipinski definition) is 1. The summed E-state index contributed by atoms with van der Waals surface area (Å²) in [5.74, 6) is -9.15. The Balaban J connectivity index is 3.60. The first-order chi connectivity index (χ1) is 5.46. The molecule has 66 valence electrons. The van der Waals surface area contributed by atoms with E-state index < -0.39 is 34.0 Å². The summed E-state index contributed by atoms with van der Waals surface area (Å²) in [6.07, 6.45) is 0. The van der Waals surface area contributed by atoms with E-state index in [2.05, 4.69) is 0 Å². The standard InChI is InChI=1S/C6HClF4O/c7-1-2(8)4(10)6(12)5(11)3(1)9/h12H. The molecule has 1 aromatic carbocycles. The molecule has 0 unspecified atom stereocenters. The van der Waals surface area contributed by atoms with Crippen molar-refractivity contribution in [3.63, 3.8) is 0 Å². The third-order valence-electron chi connectivity index (χ3n) is 1.19. The first-order valence-corrected chi connectivity index (χ1v) is 3.05. The minimum Gasteiger partial charge on any atom is -0.503 e. The van der Waals surface area contributed by atoms with Gasteiger partial charge in [0.05, 0.1) is 0 Å². The van der Waals surface area contributed by atoms with Crippen LogP contribution >= 0.6 is 11.6 Å². The Morgan fingerprint density at radius 3 is 1.50 bits per heavy atom. The second-order valence-corrected chi connectivity index (χ2v) is 2.30. The summed E-state index contributed by atoms with van der Waals surface area (Å²) in [4.78, 5) is 0. The molecule has 6 heteroatoms. The molecule has 12 heavy (non-hydrogen) atoms. The molecule has 0 amide bonds. The molecule has 1 N–H and O–H groups in total. The maximum atomic E-state index is 12.4. The molecule has 0 atom stereocenters. The molecular formula is C6HClF4O. The fourth-order valence-electron chi connectivity index (χ4n) is 0.593. The van der Waals surface area contributed by atoms with Crippen LogP contribution < -0.4 is 0 Å². The van der Waals surface area contributed by atoms with E-state index in [1.54, 1.807) is 0 Å². The smallest absolute Gasteiger partial charge is 0.205 e. The normalized spacial score (nSPS) is 10.4. The second kappa shape index (κ2) is 2.82. The van der Waals surface area contributed by atoms with Crippen LogP contribution in [-0.4, -0.2) is 5.11 Å². The van der Waals surface area contributed by atoms with Gasteiger partial charge in [-0.15, -0.1) is 0 Å². The fraction of sp³-hybridized carbons (Fsp3) is 0.